The zero-order chi connectivity index (χ0) is 11.8. The Hall–Kier alpha value is -1.53. The molecule has 0 spiro atoms. The minimum absolute atomic E-state index is 0.273. The van der Waals surface area contributed by atoms with E-state index in [9.17, 15) is 0 Å². The van der Waals surface area contributed by atoms with Crippen molar-refractivity contribution >= 4 is 15.9 Å². The Morgan fingerprint density at radius 2 is 2.18 bits per heavy atom. The SMILES string of the molecule is NCc1[nH]c(-c2ccc3c(c2)OCO3)nc1Br. The predicted molar refractivity (Wildman–Crippen MR) is 65.7 cm³/mol. The van der Waals surface area contributed by atoms with Crippen LogP contribution >= 0.6 is 15.9 Å². The summed E-state index contributed by atoms with van der Waals surface area (Å²) < 4.78 is 11.3. The van der Waals surface area contributed by atoms with E-state index < -0.39 is 0 Å². The van der Waals surface area contributed by atoms with Crippen LogP contribution in [-0.4, -0.2) is 16.8 Å². The highest BCUT2D eigenvalue weighted by molar-refractivity contribution is 9.10. The first-order valence-electron chi connectivity index (χ1n) is 5.12. The fraction of sp³-hybridized carbons (Fsp3) is 0.182. The van der Waals surface area contributed by atoms with Crippen LogP contribution < -0.4 is 15.2 Å². The molecule has 0 fully saturated rings. The van der Waals surface area contributed by atoms with Gasteiger partial charge in [-0.15, -0.1) is 0 Å². The highest BCUT2D eigenvalue weighted by Crippen LogP contribution is 2.35. The van der Waals surface area contributed by atoms with E-state index in [4.69, 9.17) is 15.2 Å². The van der Waals surface area contributed by atoms with Gasteiger partial charge in [0.15, 0.2) is 11.5 Å². The van der Waals surface area contributed by atoms with Crippen molar-refractivity contribution in [2.24, 2.45) is 5.73 Å². The van der Waals surface area contributed by atoms with Crippen LogP contribution in [0.3, 0.4) is 0 Å². The molecule has 3 rings (SSSR count). The molecule has 0 atom stereocenters. The van der Waals surface area contributed by atoms with Crippen molar-refractivity contribution in [2.75, 3.05) is 6.79 Å². The molecule has 0 bridgehead atoms. The fourth-order valence-corrected chi connectivity index (χ4v) is 2.14. The van der Waals surface area contributed by atoms with E-state index in [2.05, 4.69) is 25.9 Å². The normalized spacial score (nSPS) is 13.1. The second-order valence-electron chi connectivity index (χ2n) is 3.63. The van der Waals surface area contributed by atoms with Gasteiger partial charge in [0, 0.05) is 12.1 Å². The van der Waals surface area contributed by atoms with Crippen LogP contribution in [0.4, 0.5) is 0 Å². The van der Waals surface area contributed by atoms with Crippen LogP contribution in [-0.2, 0) is 6.54 Å². The highest BCUT2D eigenvalue weighted by atomic mass is 79.9. The molecule has 3 N–H and O–H groups in total. The maximum absolute atomic E-state index is 5.59. The Morgan fingerprint density at radius 3 is 2.94 bits per heavy atom. The topological polar surface area (TPSA) is 73.2 Å². The van der Waals surface area contributed by atoms with Crippen LogP contribution in [0.1, 0.15) is 5.69 Å². The molecule has 2 aromatic rings. The maximum atomic E-state index is 5.59. The molecule has 0 radical (unpaired) electrons. The summed E-state index contributed by atoms with van der Waals surface area (Å²) in [6.07, 6.45) is 0. The van der Waals surface area contributed by atoms with E-state index in [1.165, 1.54) is 0 Å². The number of nitrogens with zero attached hydrogens (tertiary/aromatic N) is 1. The van der Waals surface area contributed by atoms with Crippen molar-refractivity contribution in [1.29, 1.82) is 0 Å². The quantitative estimate of drug-likeness (QED) is 0.889. The van der Waals surface area contributed by atoms with Crippen LogP contribution in [0.5, 0.6) is 11.5 Å². The lowest BCUT2D eigenvalue weighted by Crippen LogP contribution is -1.96. The third-order valence-electron chi connectivity index (χ3n) is 2.58. The van der Waals surface area contributed by atoms with Crippen LogP contribution in [0, 0.1) is 0 Å². The molecular weight excluding hydrogens is 286 g/mol. The Labute approximate surface area is 106 Å². The van der Waals surface area contributed by atoms with E-state index in [0.29, 0.717) is 6.54 Å². The molecule has 17 heavy (non-hydrogen) atoms. The number of aromatic nitrogens is 2. The highest BCUT2D eigenvalue weighted by Gasteiger charge is 2.15. The predicted octanol–water partition coefficient (Wildman–Crippen LogP) is 2.03. The molecular formula is C11H10BrN3O2. The largest absolute Gasteiger partial charge is 0.454 e. The average Bonchev–Trinajstić information content (AvgIpc) is 2.93. The number of imidazole rings is 1. The summed E-state index contributed by atoms with van der Waals surface area (Å²) in [4.78, 5) is 7.52. The smallest absolute Gasteiger partial charge is 0.231 e. The molecule has 0 amide bonds. The summed E-state index contributed by atoms with van der Waals surface area (Å²) in [6.45, 7) is 0.687. The van der Waals surface area contributed by atoms with Crippen LogP contribution in [0.25, 0.3) is 11.4 Å². The van der Waals surface area contributed by atoms with Gasteiger partial charge < -0.3 is 20.2 Å². The minimum atomic E-state index is 0.273. The zero-order valence-corrected chi connectivity index (χ0v) is 10.5. The number of nitrogens with two attached hydrogens (primary N) is 1. The van der Waals surface area contributed by atoms with Gasteiger partial charge in [0.1, 0.15) is 10.4 Å². The van der Waals surface area contributed by atoms with Gasteiger partial charge in [-0.05, 0) is 34.1 Å². The lowest BCUT2D eigenvalue weighted by molar-refractivity contribution is 0.174. The molecule has 1 aliphatic rings. The van der Waals surface area contributed by atoms with E-state index in [-0.39, 0.29) is 6.79 Å². The monoisotopic (exact) mass is 295 g/mol. The number of hydrogen-bond donors (Lipinski definition) is 2. The van der Waals surface area contributed by atoms with Gasteiger partial charge in [-0.3, -0.25) is 0 Å². The van der Waals surface area contributed by atoms with Crippen molar-refractivity contribution in [3.05, 3.63) is 28.5 Å². The summed E-state index contributed by atoms with van der Waals surface area (Å²) in [7, 11) is 0. The minimum Gasteiger partial charge on any atom is -0.454 e. The third-order valence-corrected chi connectivity index (χ3v) is 3.23. The summed E-state index contributed by atoms with van der Waals surface area (Å²) in [5.41, 5.74) is 7.40. The fourth-order valence-electron chi connectivity index (χ4n) is 1.70. The number of nitrogens with one attached hydrogen (secondary N) is 1. The van der Waals surface area contributed by atoms with Gasteiger partial charge in [0.2, 0.25) is 6.79 Å². The Bertz CT molecular complexity index is 568. The molecule has 1 aliphatic heterocycles. The Kier molecular flexibility index (Phi) is 2.53. The molecule has 2 heterocycles. The van der Waals surface area contributed by atoms with E-state index >= 15 is 0 Å². The molecule has 6 heteroatoms. The van der Waals surface area contributed by atoms with E-state index in [1.54, 1.807) is 0 Å². The summed E-state index contributed by atoms with van der Waals surface area (Å²) in [5, 5.41) is 0. The van der Waals surface area contributed by atoms with Crippen LogP contribution in [0.15, 0.2) is 22.8 Å². The first kappa shape index (κ1) is 10.6. The van der Waals surface area contributed by atoms with Gasteiger partial charge in [-0.2, -0.15) is 0 Å². The molecule has 0 saturated carbocycles. The number of rotatable bonds is 2. The summed E-state index contributed by atoms with van der Waals surface area (Å²) in [5.74, 6) is 2.26. The van der Waals surface area contributed by atoms with Gasteiger partial charge in [-0.1, -0.05) is 0 Å². The summed E-state index contributed by atoms with van der Waals surface area (Å²) in [6, 6.07) is 5.70. The van der Waals surface area contributed by atoms with Crippen molar-refractivity contribution in [2.45, 2.75) is 6.54 Å². The molecule has 0 aliphatic carbocycles. The number of aromatic amines is 1. The summed E-state index contributed by atoms with van der Waals surface area (Å²) >= 11 is 3.36. The van der Waals surface area contributed by atoms with Gasteiger partial charge in [0.05, 0.1) is 5.69 Å². The molecule has 1 aromatic carbocycles. The first-order valence-corrected chi connectivity index (χ1v) is 5.91. The van der Waals surface area contributed by atoms with Gasteiger partial charge >= 0.3 is 0 Å². The van der Waals surface area contributed by atoms with E-state index in [0.717, 1.165) is 33.2 Å². The zero-order valence-electron chi connectivity index (χ0n) is 8.87. The lowest BCUT2D eigenvalue weighted by Gasteiger charge is -1.99. The standard InChI is InChI=1S/C11H10BrN3O2/c12-10-7(4-13)14-11(15-10)6-1-2-8-9(3-6)17-5-16-8/h1-3H,4-5,13H2,(H,14,15). The molecule has 0 saturated heterocycles. The number of halogens is 1. The van der Waals surface area contributed by atoms with Crippen molar-refractivity contribution < 1.29 is 9.47 Å². The molecule has 5 nitrogen and oxygen atoms in total. The molecule has 1 aromatic heterocycles. The number of benzene rings is 1. The maximum Gasteiger partial charge on any atom is 0.231 e. The average molecular weight is 296 g/mol. The second kappa shape index (κ2) is 4.05. The number of hydrogen-bond acceptors (Lipinski definition) is 4. The van der Waals surface area contributed by atoms with E-state index in [1.807, 2.05) is 18.2 Å². The van der Waals surface area contributed by atoms with Crippen molar-refractivity contribution in [3.8, 4) is 22.9 Å². The second-order valence-corrected chi connectivity index (χ2v) is 4.38. The van der Waals surface area contributed by atoms with Gasteiger partial charge in [-0.25, -0.2) is 4.98 Å². The van der Waals surface area contributed by atoms with Crippen molar-refractivity contribution in [3.63, 3.8) is 0 Å². The van der Waals surface area contributed by atoms with Crippen molar-refractivity contribution in [1.82, 2.24) is 9.97 Å². The number of ether oxygens (including phenoxy) is 2. The number of H-pyrrole nitrogens is 1. The third kappa shape index (κ3) is 1.79. The molecule has 0 unspecified atom stereocenters. The first-order chi connectivity index (χ1) is 8.28. The Morgan fingerprint density at radius 1 is 1.35 bits per heavy atom. The number of fused-ring (bicyclic) bond motifs is 1. The Balaban J connectivity index is 2.03. The van der Waals surface area contributed by atoms with Crippen LogP contribution in [0.2, 0.25) is 0 Å². The molecule has 88 valence electrons. The van der Waals surface area contributed by atoms with Gasteiger partial charge in [0.25, 0.3) is 0 Å². The lowest BCUT2D eigenvalue weighted by atomic mass is 10.2.